The lowest BCUT2D eigenvalue weighted by molar-refractivity contribution is -0.125. The summed E-state index contributed by atoms with van der Waals surface area (Å²) in [7, 11) is 0. The Kier molecular flexibility index (Phi) is 6.12. The molecule has 1 amide bonds. The zero-order valence-corrected chi connectivity index (χ0v) is 24.0. The summed E-state index contributed by atoms with van der Waals surface area (Å²) in [5.74, 6) is -0.923. The molecule has 208 valence electrons. The van der Waals surface area contributed by atoms with Crippen molar-refractivity contribution in [3.05, 3.63) is 154 Å². The lowest BCUT2D eigenvalue weighted by atomic mass is 9.68. The molecular formula is C37H26N2O3S. The highest BCUT2D eigenvalue weighted by molar-refractivity contribution is 8.15. The first kappa shape index (κ1) is 25.9. The van der Waals surface area contributed by atoms with Crippen molar-refractivity contribution < 1.29 is 14.4 Å². The number of amides is 1. The molecule has 0 radical (unpaired) electrons. The Morgan fingerprint density at radius 1 is 0.651 bits per heavy atom. The molecule has 8 rings (SSSR count). The number of rotatable bonds is 4. The first-order valence-corrected chi connectivity index (χ1v) is 15.4. The summed E-state index contributed by atoms with van der Waals surface area (Å²) in [4.78, 5) is 49.1. The molecule has 6 heteroatoms. The van der Waals surface area contributed by atoms with Gasteiger partial charge in [-0.1, -0.05) is 127 Å². The monoisotopic (exact) mass is 578 g/mol. The van der Waals surface area contributed by atoms with E-state index in [2.05, 4.69) is 0 Å². The Labute approximate surface area is 253 Å². The zero-order valence-electron chi connectivity index (χ0n) is 23.1. The molecule has 0 aromatic heterocycles. The highest BCUT2D eigenvalue weighted by Crippen LogP contribution is 2.55. The van der Waals surface area contributed by atoms with Gasteiger partial charge in [-0.05, 0) is 27.8 Å². The summed E-state index contributed by atoms with van der Waals surface area (Å²) in [5, 5.41) is 0.606. The molecule has 0 N–H and O–H groups in total. The Hall–Kier alpha value is -4.81. The molecule has 0 spiro atoms. The van der Waals surface area contributed by atoms with Crippen LogP contribution in [0, 0.1) is 5.92 Å². The van der Waals surface area contributed by atoms with E-state index < -0.39 is 17.9 Å². The molecule has 4 aliphatic rings. The number of hydrogen-bond donors (Lipinski definition) is 0. The minimum absolute atomic E-state index is 0.00826. The van der Waals surface area contributed by atoms with Crippen LogP contribution in [0.4, 0.5) is 0 Å². The van der Waals surface area contributed by atoms with Crippen LogP contribution in [0.1, 0.15) is 51.0 Å². The summed E-state index contributed by atoms with van der Waals surface area (Å²) < 4.78 is 0. The summed E-state index contributed by atoms with van der Waals surface area (Å²) >= 11 is 1.41. The van der Waals surface area contributed by atoms with Crippen LogP contribution < -0.4 is 0 Å². The number of benzene rings is 4. The van der Waals surface area contributed by atoms with Crippen molar-refractivity contribution >= 4 is 45.5 Å². The molecule has 1 fully saturated rings. The van der Waals surface area contributed by atoms with Gasteiger partial charge in [0.1, 0.15) is 5.78 Å². The Bertz CT molecular complexity index is 1910. The number of Topliss-reactive ketones (excluding diaryl/α,β-unsaturated/α-hetero) is 2. The number of aliphatic imine (C=N–C) groups is 1. The van der Waals surface area contributed by atoms with Crippen molar-refractivity contribution in [3.63, 3.8) is 0 Å². The first-order chi connectivity index (χ1) is 21.1. The Morgan fingerprint density at radius 2 is 1.26 bits per heavy atom. The van der Waals surface area contributed by atoms with E-state index in [4.69, 9.17) is 4.99 Å². The smallest absolute Gasteiger partial charge is 0.239 e. The maximum absolute atomic E-state index is 14.6. The van der Waals surface area contributed by atoms with Crippen LogP contribution >= 0.6 is 11.8 Å². The lowest BCUT2D eigenvalue weighted by Gasteiger charge is -2.39. The van der Waals surface area contributed by atoms with Crippen LogP contribution in [0.25, 0.3) is 11.1 Å². The molecule has 0 bridgehead atoms. The summed E-state index contributed by atoms with van der Waals surface area (Å²) in [6.45, 7) is 0. The molecule has 43 heavy (non-hydrogen) atoms. The predicted octanol–water partition coefficient (Wildman–Crippen LogP) is 7.11. The summed E-state index contributed by atoms with van der Waals surface area (Å²) in [6.07, 6.45) is 0.161. The maximum Gasteiger partial charge on any atom is 0.239 e. The lowest BCUT2D eigenvalue weighted by Crippen LogP contribution is -2.40. The van der Waals surface area contributed by atoms with Gasteiger partial charge in [0.2, 0.25) is 5.91 Å². The minimum Gasteiger partial charge on any atom is -0.299 e. The SMILES string of the molecule is O=C1C2=C(CC(=O)C(C3=C(c4ccccc4)C(c4ccccc4)N4C(=O)CSC4=N3)C2c2ccccc2)c2ccccc21. The highest BCUT2D eigenvalue weighted by Gasteiger charge is 2.50. The molecule has 4 aromatic carbocycles. The number of carbonyl (C=O) groups excluding carboxylic acids is 3. The highest BCUT2D eigenvalue weighted by atomic mass is 32.2. The van der Waals surface area contributed by atoms with Crippen LogP contribution in [0.2, 0.25) is 0 Å². The average Bonchev–Trinajstić information content (AvgIpc) is 3.57. The molecule has 5 nitrogen and oxygen atoms in total. The molecule has 0 saturated carbocycles. The first-order valence-electron chi connectivity index (χ1n) is 14.4. The van der Waals surface area contributed by atoms with Gasteiger partial charge >= 0.3 is 0 Å². The molecule has 3 unspecified atom stereocenters. The van der Waals surface area contributed by atoms with Gasteiger partial charge in [0, 0.05) is 29.0 Å². The van der Waals surface area contributed by atoms with Gasteiger partial charge in [-0.3, -0.25) is 19.3 Å². The van der Waals surface area contributed by atoms with E-state index in [9.17, 15) is 14.4 Å². The topological polar surface area (TPSA) is 66.8 Å². The van der Waals surface area contributed by atoms with Gasteiger partial charge in [-0.2, -0.15) is 0 Å². The third-order valence-electron chi connectivity index (χ3n) is 8.89. The van der Waals surface area contributed by atoms with Crippen LogP contribution in [-0.2, 0) is 9.59 Å². The van der Waals surface area contributed by atoms with E-state index in [0.29, 0.717) is 27.8 Å². The number of fused-ring (bicyclic) bond motifs is 3. The van der Waals surface area contributed by atoms with E-state index in [0.717, 1.165) is 33.4 Å². The van der Waals surface area contributed by atoms with Crippen LogP contribution in [0.15, 0.2) is 132 Å². The van der Waals surface area contributed by atoms with E-state index in [-0.39, 0.29) is 23.9 Å². The van der Waals surface area contributed by atoms with E-state index in [1.54, 1.807) is 4.90 Å². The fourth-order valence-electron chi connectivity index (χ4n) is 7.11. The van der Waals surface area contributed by atoms with Crippen LogP contribution in [0.5, 0.6) is 0 Å². The number of hydrogen-bond acceptors (Lipinski definition) is 5. The van der Waals surface area contributed by atoms with E-state index in [1.807, 2.05) is 115 Å². The molecule has 2 aliphatic heterocycles. The maximum atomic E-state index is 14.6. The quantitative estimate of drug-likeness (QED) is 0.259. The second-order valence-corrected chi connectivity index (χ2v) is 12.1. The minimum atomic E-state index is -0.702. The number of thioether (sulfide) groups is 1. The van der Waals surface area contributed by atoms with Gasteiger partial charge in [-0.15, -0.1) is 0 Å². The number of amidine groups is 1. The van der Waals surface area contributed by atoms with Crippen molar-refractivity contribution in [2.45, 2.75) is 18.4 Å². The Morgan fingerprint density at radius 3 is 1.95 bits per heavy atom. The molecule has 1 saturated heterocycles. The Balaban J connectivity index is 1.42. The second kappa shape index (κ2) is 10.2. The van der Waals surface area contributed by atoms with Crippen molar-refractivity contribution in [1.82, 2.24) is 4.90 Å². The van der Waals surface area contributed by atoms with Gasteiger partial charge in [0.25, 0.3) is 0 Å². The van der Waals surface area contributed by atoms with Crippen LogP contribution in [0.3, 0.4) is 0 Å². The van der Waals surface area contributed by atoms with Crippen molar-refractivity contribution in [2.75, 3.05) is 5.75 Å². The van der Waals surface area contributed by atoms with Crippen molar-refractivity contribution in [1.29, 1.82) is 0 Å². The van der Waals surface area contributed by atoms with Gasteiger partial charge in [-0.25, -0.2) is 4.99 Å². The normalized spacial score (nSPS) is 22.9. The van der Waals surface area contributed by atoms with E-state index >= 15 is 0 Å². The number of ketones is 2. The molecule has 3 atom stereocenters. The summed E-state index contributed by atoms with van der Waals surface area (Å²) in [6, 6.07) is 36.9. The van der Waals surface area contributed by atoms with Crippen molar-refractivity contribution in [2.24, 2.45) is 10.9 Å². The standard InChI is InChI=1S/C37H26N2O3S/c40-28-20-27-25-18-10-11-19-26(25)36(42)32(27)30(22-12-4-1-5-13-22)33(28)34-31(23-14-6-2-7-15-23)35(24-16-8-3-9-17-24)39-29(41)21-43-37(39)38-34/h1-19,30,33,35H,20-21H2. The second-order valence-electron chi connectivity index (χ2n) is 11.2. The summed E-state index contributed by atoms with van der Waals surface area (Å²) in [5.41, 5.74) is 7.25. The fourth-order valence-corrected chi connectivity index (χ4v) is 8.02. The average molecular weight is 579 g/mol. The zero-order chi connectivity index (χ0) is 29.1. The molecule has 2 aliphatic carbocycles. The third-order valence-corrected chi connectivity index (χ3v) is 9.82. The number of nitrogens with zero attached hydrogens (tertiary/aromatic N) is 2. The molecule has 2 heterocycles. The molecule has 4 aromatic rings. The van der Waals surface area contributed by atoms with Gasteiger partial charge < -0.3 is 0 Å². The third kappa shape index (κ3) is 4.01. The largest absolute Gasteiger partial charge is 0.299 e. The van der Waals surface area contributed by atoms with Gasteiger partial charge in [0.15, 0.2) is 11.0 Å². The fraction of sp³-hybridized carbons (Fsp3) is 0.135. The van der Waals surface area contributed by atoms with E-state index in [1.165, 1.54) is 11.8 Å². The number of allylic oxidation sites excluding steroid dienone is 3. The molecular weight excluding hydrogens is 552 g/mol. The predicted molar refractivity (Wildman–Crippen MR) is 169 cm³/mol. The van der Waals surface area contributed by atoms with Crippen LogP contribution in [-0.4, -0.2) is 33.3 Å². The number of carbonyl (C=O) groups is 3. The van der Waals surface area contributed by atoms with Gasteiger partial charge in [0.05, 0.1) is 23.4 Å². The van der Waals surface area contributed by atoms with Crippen molar-refractivity contribution in [3.8, 4) is 0 Å².